The van der Waals surface area contributed by atoms with Crippen molar-refractivity contribution in [2.45, 2.75) is 12.5 Å². The fourth-order valence-corrected chi connectivity index (χ4v) is 2.99. The van der Waals surface area contributed by atoms with Gasteiger partial charge in [0, 0.05) is 23.8 Å². The first-order valence-corrected chi connectivity index (χ1v) is 5.88. The molecule has 3 nitrogen and oxygen atoms in total. The lowest BCUT2D eigenvalue weighted by Crippen LogP contribution is -2.29. The van der Waals surface area contributed by atoms with Crippen molar-refractivity contribution in [3.8, 4) is 0 Å². The molecule has 1 atom stereocenters. The topological polar surface area (TPSA) is 37.8 Å². The Hall–Kier alpha value is -1.26. The Morgan fingerprint density at radius 2 is 2.40 bits per heavy atom. The van der Waals surface area contributed by atoms with Gasteiger partial charge in [-0.2, -0.15) is 0 Å². The molecule has 0 saturated heterocycles. The number of fused-ring (bicyclic) bond motifs is 1. The predicted molar refractivity (Wildman–Crippen MR) is 59.9 cm³/mol. The van der Waals surface area contributed by atoms with Crippen molar-refractivity contribution in [3.05, 3.63) is 46.2 Å². The second kappa shape index (κ2) is 3.72. The smallest absolute Gasteiger partial charge is 0.0863 e. The average molecular weight is 217 g/mol. The summed E-state index contributed by atoms with van der Waals surface area (Å²) in [5.41, 5.74) is 2.47. The van der Waals surface area contributed by atoms with Gasteiger partial charge < -0.3 is 5.32 Å². The van der Waals surface area contributed by atoms with E-state index in [2.05, 4.69) is 26.7 Å². The molecule has 0 bridgehead atoms. The van der Waals surface area contributed by atoms with Crippen molar-refractivity contribution in [3.63, 3.8) is 0 Å². The van der Waals surface area contributed by atoms with E-state index < -0.39 is 0 Å². The fourth-order valence-electron chi connectivity index (χ4n) is 1.95. The summed E-state index contributed by atoms with van der Waals surface area (Å²) in [7, 11) is 0. The van der Waals surface area contributed by atoms with E-state index in [4.69, 9.17) is 0 Å². The lowest BCUT2D eigenvalue weighted by molar-refractivity contribution is 0.565. The highest BCUT2D eigenvalue weighted by Crippen LogP contribution is 2.31. The third-order valence-electron chi connectivity index (χ3n) is 2.66. The summed E-state index contributed by atoms with van der Waals surface area (Å²) in [6, 6.07) is 2.45. The van der Waals surface area contributed by atoms with Crippen LogP contribution >= 0.6 is 11.3 Å². The van der Waals surface area contributed by atoms with Crippen LogP contribution in [-0.2, 0) is 6.42 Å². The first-order chi connectivity index (χ1) is 7.45. The molecule has 1 aliphatic rings. The number of nitrogens with one attached hydrogen (secondary N) is 1. The zero-order valence-electron chi connectivity index (χ0n) is 8.18. The van der Waals surface area contributed by atoms with Crippen LogP contribution in [-0.4, -0.2) is 16.5 Å². The molecular weight excluding hydrogens is 206 g/mol. The second-order valence-corrected chi connectivity index (χ2v) is 4.53. The van der Waals surface area contributed by atoms with Gasteiger partial charge in [-0.15, -0.1) is 11.3 Å². The van der Waals surface area contributed by atoms with E-state index >= 15 is 0 Å². The maximum absolute atomic E-state index is 4.36. The van der Waals surface area contributed by atoms with Gasteiger partial charge in [-0.3, -0.25) is 9.97 Å². The third kappa shape index (κ3) is 1.56. The normalized spacial score (nSPS) is 19.9. The largest absolute Gasteiger partial charge is 0.304 e. The van der Waals surface area contributed by atoms with Crippen molar-refractivity contribution in [2.24, 2.45) is 0 Å². The van der Waals surface area contributed by atoms with Crippen molar-refractivity contribution >= 4 is 11.3 Å². The van der Waals surface area contributed by atoms with E-state index in [9.17, 15) is 0 Å². The summed E-state index contributed by atoms with van der Waals surface area (Å²) in [5, 5.41) is 5.64. The van der Waals surface area contributed by atoms with E-state index in [0.717, 1.165) is 18.7 Å². The number of rotatable bonds is 1. The fraction of sp³-hybridized carbons (Fsp3) is 0.273. The average Bonchev–Trinajstić information content (AvgIpc) is 2.78. The van der Waals surface area contributed by atoms with Crippen molar-refractivity contribution < 1.29 is 0 Å². The van der Waals surface area contributed by atoms with Crippen LogP contribution in [0.5, 0.6) is 0 Å². The lowest BCUT2D eigenvalue weighted by atomic mass is 10.0. The van der Waals surface area contributed by atoms with Gasteiger partial charge >= 0.3 is 0 Å². The number of aromatic nitrogens is 2. The molecule has 4 heteroatoms. The Balaban J connectivity index is 2.03. The highest BCUT2D eigenvalue weighted by molar-refractivity contribution is 7.10. The summed E-state index contributed by atoms with van der Waals surface area (Å²) >= 11 is 1.80. The summed E-state index contributed by atoms with van der Waals surface area (Å²) in [5.74, 6) is 0. The molecule has 3 heterocycles. The zero-order valence-corrected chi connectivity index (χ0v) is 9.00. The molecule has 0 aromatic carbocycles. The summed E-state index contributed by atoms with van der Waals surface area (Å²) in [6.45, 7) is 1.02. The summed E-state index contributed by atoms with van der Waals surface area (Å²) in [4.78, 5) is 9.87. The van der Waals surface area contributed by atoms with Gasteiger partial charge in [-0.25, -0.2) is 0 Å². The molecule has 0 fully saturated rings. The molecule has 2 aromatic heterocycles. The van der Waals surface area contributed by atoms with Gasteiger partial charge in [0.25, 0.3) is 0 Å². The van der Waals surface area contributed by atoms with Crippen LogP contribution in [0.2, 0.25) is 0 Å². The standard InChI is InChI=1S/C11H11N3S/c1-3-14-10(9-7-12-4-5-13-9)11-8(1)2-6-15-11/h2,4-7,10,14H,1,3H2. The number of nitrogens with zero attached hydrogens (tertiary/aromatic N) is 2. The minimum atomic E-state index is 0.238. The monoisotopic (exact) mass is 217 g/mol. The Morgan fingerprint density at radius 3 is 3.27 bits per heavy atom. The van der Waals surface area contributed by atoms with Crippen LogP contribution in [0, 0.1) is 0 Å². The van der Waals surface area contributed by atoms with Crippen molar-refractivity contribution in [1.82, 2.24) is 15.3 Å². The highest BCUT2D eigenvalue weighted by Gasteiger charge is 2.23. The quantitative estimate of drug-likeness (QED) is 0.791. The molecule has 0 aliphatic carbocycles. The van der Waals surface area contributed by atoms with Crippen LogP contribution in [0.15, 0.2) is 30.0 Å². The van der Waals surface area contributed by atoms with Gasteiger partial charge in [0.05, 0.1) is 17.9 Å². The first-order valence-electron chi connectivity index (χ1n) is 5.01. The molecule has 0 radical (unpaired) electrons. The summed E-state index contributed by atoms with van der Waals surface area (Å²) in [6.07, 6.45) is 6.42. The zero-order chi connectivity index (χ0) is 10.1. The minimum absolute atomic E-state index is 0.238. The minimum Gasteiger partial charge on any atom is -0.304 e. The first kappa shape index (κ1) is 9.00. The van der Waals surface area contributed by atoms with E-state index in [1.807, 2.05) is 6.20 Å². The van der Waals surface area contributed by atoms with Gasteiger partial charge in [0.1, 0.15) is 0 Å². The molecule has 1 aliphatic heterocycles. The molecule has 1 N–H and O–H groups in total. The molecule has 0 saturated carbocycles. The predicted octanol–water partition coefficient (Wildman–Crippen LogP) is 1.77. The molecule has 1 unspecified atom stereocenters. The van der Waals surface area contributed by atoms with Gasteiger partial charge in [0.15, 0.2) is 0 Å². The summed E-state index contributed by atoms with van der Waals surface area (Å²) < 4.78 is 0. The Morgan fingerprint density at radius 1 is 1.40 bits per heavy atom. The van der Waals surface area contributed by atoms with Gasteiger partial charge in [-0.05, 0) is 23.4 Å². The maximum Gasteiger partial charge on any atom is 0.0863 e. The van der Waals surface area contributed by atoms with Crippen LogP contribution in [0.3, 0.4) is 0 Å². The van der Waals surface area contributed by atoms with E-state index in [-0.39, 0.29) is 6.04 Å². The number of hydrogen-bond acceptors (Lipinski definition) is 4. The van der Waals surface area contributed by atoms with Gasteiger partial charge in [0.2, 0.25) is 0 Å². The molecular formula is C11H11N3S. The van der Waals surface area contributed by atoms with Crippen LogP contribution < -0.4 is 5.32 Å². The van der Waals surface area contributed by atoms with Crippen LogP contribution in [0.4, 0.5) is 0 Å². The molecule has 0 spiro atoms. The maximum atomic E-state index is 4.36. The molecule has 2 aromatic rings. The molecule has 76 valence electrons. The molecule has 3 rings (SSSR count). The number of hydrogen-bond donors (Lipinski definition) is 1. The van der Waals surface area contributed by atoms with Crippen molar-refractivity contribution in [2.75, 3.05) is 6.54 Å². The Labute approximate surface area is 92.2 Å². The van der Waals surface area contributed by atoms with Crippen LogP contribution in [0.1, 0.15) is 22.2 Å². The Bertz CT molecular complexity index is 452. The van der Waals surface area contributed by atoms with E-state index in [1.54, 1.807) is 23.7 Å². The number of thiophene rings is 1. The highest BCUT2D eigenvalue weighted by atomic mass is 32.1. The SMILES string of the molecule is c1cnc(C2NCCc3ccsc32)cn1. The van der Waals surface area contributed by atoms with E-state index in [0.29, 0.717) is 0 Å². The van der Waals surface area contributed by atoms with Crippen LogP contribution in [0.25, 0.3) is 0 Å². The van der Waals surface area contributed by atoms with E-state index in [1.165, 1.54) is 10.4 Å². The van der Waals surface area contributed by atoms with Gasteiger partial charge in [-0.1, -0.05) is 0 Å². The second-order valence-electron chi connectivity index (χ2n) is 3.58. The molecule has 0 amide bonds. The lowest BCUT2D eigenvalue weighted by Gasteiger charge is -2.23. The van der Waals surface area contributed by atoms with Crippen molar-refractivity contribution in [1.29, 1.82) is 0 Å². The molecule has 15 heavy (non-hydrogen) atoms. The Kier molecular flexibility index (Phi) is 2.23. The third-order valence-corrected chi connectivity index (χ3v) is 3.69.